The molecular weight excluding hydrogens is 186 g/mol. The van der Waals surface area contributed by atoms with E-state index in [-0.39, 0.29) is 11.3 Å². The van der Waals surface area contributed by atoms with Crippen LogP contribution in [0.4, 0.5) is 0 Å². The van der Waals surface area contributed by atoms with Gasteiger partial charge in [0.15, 0.2) is 0 Å². The molecule has 15 heavy (non-hydrogen) atoms. The highest BCUT2D eigenvalue weighted by atomic mass is 16.2. The number of nitrogens with zero attached hydrogens (tertiary/aromatic N) is 1. The number of hydrogen-bond donors (Lipinski definition) is 0. The van der Waals surface area contributed by atoms with Crippen molar-refractivity contribution in [1.82, 2.24) is 4.90 Å². The molecule has 2 heteroatoms. The van der Waals surface area contributed by atoms with E-state index < -0.39 is 0 Å². The summed E-state index contributed by atoms with van der Waals surface area (Å²) in [6, 6.07) is 0. The van der Waals surface area contributed by atoms with Crippen LogP contribution in [0.3, 0.4) is 0 Å². The molecule has 1 unspecified atom stereocenters. The first-order chi connectivity index (χ1) is 6.91. The second kappa shape index (κ2) is 4.82. The van der Waals surface area contributed by atoms with Crippen molar-refractivity contribution in [1.29, 1.82) is 0 Å². The predicted molar refractivity (Wildman–Crippen MR) is 63.6 cm³/mol. The van der Waals surface area contributed by atoms with E-state index in [9.17, 15) is 4.79 Å². The van der Waals surface area contributed by atoms with Crippen LogP contribution in [0.15, 0.2) is 12.2 Å². The standard InChI is InChI=1S/C13H23NO/c1-11-7-5-6-9-14(10-8-11)12(15)13(2,3)4/h5-6,11H,7-10H2,1-4H3/b6-5-. The average molecular weight is 209 g/mol. The molecule has 0 radical (unpaired) electrons. The Balaban J connectivity index is 2.65. The second-order valence-corrected chi connectivity index (χ2v) is 5.60. The summed E-state index contributed by atoms with van der Waals surface area (Å²) >= 11 is 0. The molecule has 1 atom stereocenters. The van der Waals surface area contributed by atoms with E-state index in [1.807, 2.05) is 25.7 Å². The minimum absolute atomic E-state index is 0.254. The number of carbonyl (C=O) groups excluding carboxylic acids is 1. The molecule has 0 saturated heterocycles. The summed E-state index contributed by atoms with van der Waals surface area (Å²) in [5.74, 6) is 0.957. The third kappa shape index (κ3) is 3.69. The average Bonchev–Trinajstić information content (AvgIpc) is 2.10. The van der Waals surface area contributed by atoms with Crippen molar-refractivity contribution in [3.8, 4) is 0 Å². The molecule has 1 rings (SSSR count). The summed E-state index contributed by atoms with van der Waals surface area (Å²) < 4.78 is 0. The zero-order valence-corrected chi connectivity index (χ0v) is 10.4. The lowest BCUT2D eigenvalue weighted by Crippen LogP contribution is -2.41. The highest BCUT2D eigenvalue weighted by Gasteiger charge is 2.26. The Morgan fingerprint density at radius 1 is 1.33 bits per heavy atom. The maximum atomic E-state index is 12.1. The van der Waals surface area contributed by atoms with Crippen LogP contribution in [-0.4, -0.2) is 23.9 Å². The molecule has 1 heterocycles. The van der Waals surface area contributed by atoms with Crippen LogP contribution in [0.1, 0.15) is 40.5 Å². The van der Waals surface area contributed by atoms with E-state index in [0.717, 1.165) is 25.9 Å². The molecule has 0 aromatic carbocycles. The largest absolute Gasteiger partial charge is 0.339 e. The summed E-state index contributed by atoms with van der Waals surface area (Å²) in [5.41, 5.74) is -0.254. The molecule has 1 amide bonds. The van der Waals surface area contributed by atoms with Crippen LogP contribution in [0.25, 0.3) is 0 Å². The Morgan fingerprint density at radius 3 is 2.60 bits per heavy atom. The van der Waals surface area contributed by atoms with Crippen molar-refractivity contribution in [2.75, 3.05) is 13.1 Å². The van der Waals surface area contributed by atoms with Gasteiger partial charge in [-0.3, -0.25) is 4.79 Å². The zero-order valence-electron chi connectivity index (χ0n) is 10.4. The number of allylic oxidation sites excluding steroid dienone is 1. The van der Waals surface area contributed by atoms with Crippen LogP contribution >= 0.6 is 0 Å². The first kappa shape index (κ1) is 12.3. The molecule has 0 aromatic heterocycles. The van der Waals surface area contributed by atoms with Gasteiger partial charge < -0.3 is 4.90 Å². The van der Waals surface area contributed by atoms with Gasteiger partial charge in [-0.2, -0.15) is 0 Å². The Hall–Kier alpha value is -0.790. The molecule has 0 saturated carbocycles. The summed E-state index contributed by atoms with van der Waals surface area (Å²) in [7, 11) is 0. The quantitative estimate of drug-likeness (QED) is 0.562. The van der Waals surface area contributed by atoms with E-state index in [0.29, 0.717) is 5.92 Å². The monoisotopic (exact) mass is 209 g/mol. The number of amides is 1. The van der Waals surface area contributed by atoms with Crippen molar-refractivity contribution < 1.29 is 4.79 Å². The van der Waals surface area contributed by atoms with Crippen molar-refractivity contribution in [3.63, 3.8) is 0 Å². The van der Waals surface area contributed by atoms with Crippen LogP contribution in [-0.2, 0) is 4.79 Å². The first-order valence-corrected chi connectivity index (χ1v) is 5.85. The summed E-state index contributed by atoms with van der Waals surface area (Å²) in [4.78, 5) is 14.1. The normalized spacial score (nSPS) is 25.6. The fourth-order valence-corrected chi connectivity index (χ4v) is 1.77. The van der Waals surface area contributed by atoms with Crippen molar-refractivity contribution in [2.45, 2.75) is 40.5 Å². The highest BCUT2D eigenvalue weighted by molar-refractivity contribution is 5.81. The highest BCUT2D eigenvalue weighted by Crippen LogP contribution is 2.20. The van der Waals surface area contributed by atoms with Gasteiger partial charge in [-0.1, -0.05) is 39.8 Å². The SMILES string of the molecule is CC1C/C=C\CN(C(=O)C(C)(C)C)CC1. The van der Waals surface area contributed by atoms with Gasteiger partial charge in [0.2, 0.25) is 5.91 Å². The molecule has 2 nitrogen and oxygen atoms in total. The molecule has 0 fully saturated rings. The van der Waals surface area contributed by atoms with E-state index in [1.54, 1.807) is 0 Å². The topological polar surface area (TPSA) is 20.3 Å². The van der Waals surface area contributed by atoms with Crippen molar-refractivity contribution >= 4 is 5.91 Å². The van der Waals surface area contributed by atoms with E-state index >= 15 is 0 Å². The predicted octanol–water partition coefficient (Wildman–Crippen LogP) is 2.85. The van der Waals surface area contributed by atoms with Gasteiger partial charge in [0.25, 0.3) is 0 Å². The van der Waals surface area contributed by atoms with Gasteiger partial charge >= 0.3 is 0 Å². The molecule has 86 valence electrons. The summed E-state index contributed by atoms with van der Waals surface area (Å²) in [6.07, 6.45) is 6.59. The molecular formula is C13H23NO. The third-order valence-corrected chi connectivity index (χ3v) is 2.85. The first-order valence-electron chi connectivity index (χ1n) is 5.85. The van der Waals surface area contributed by atoms with Gasteiger partial charge in [-0.15, -0.1) is 0 Å². The Labute approximate surface area is 93.3 Å². The molecule has 1 aliphatic rings. The van der Waals surface area contributed by atoms with Crippen LogP contribution in [0, 0.1) is 11.3 Å². The molecule has 0 aromatic rings. The summed E-state index contributed by atoms with van der Waals surface area (Å²) in [6.45, 7) is 9.89. The minimum Gasteiger partial charge on any atom is -0.339 e. The molecule has 0 spiro atoms. The molecule has 0 bridgehead atoms. The van der Waals surface area contributed by atoms with E-state index in [4.69, 9.17) is 0 Å². The van der Waals surface area contributed by atoms with Crippen molar-refractivity contribution in [3.05, 3.63) is 12.2 Å². The van der Waals surface area contributed by atoms with E-state index in [2.05, 4.69) is 19.1 Å². The van der Waals surface area contributed by atoms with Gasteiger partial charge in [-0.25, -0.2) is 0 Å². The lowest BCUT2D eigenvalue weighted by molar-refractivity contribution is -0.139. The molecule has 1 aliphatic heterocycles. The summed E-state index contributed by atoms with van der Waals surface area (Å²) in [5, 5.41) is 0. The fourth-order valence-electron chi connectivity index (χ4n) is 1.77. The third-order valence-electron chi connectivity index (χ3n) is 2.85. The smallest absolute Gasteiger partial charge is 0.228 e. The van der Waals surface area contributed by atoms with Gasteiger partial charge in [0.1, 0.15) is 0 Å². The lowest BCUT2D eigenvalue weighted by atomic mass is 9.93. The molecule has 0 aliphatic carbocycles. The van der Waals surface area contributed by atoms with Gasteiger partial charge in [0, 0.05) is 18.5 Å². The number of rotatable bonds is 0. The lowest BCUT2D eigenvalue weighted by Gasteiger charge is -2.30. The minimum atomic E-state index is -0.254. The van der Waals surface area contributed by atoms with Gasteiger partial charge in [0.05, 0.1) is 0 Å². The van der Waals surface area contributed by atoms with E-state index in [1.165, 1.54) is 0 Å². The van der Waals surface area contributed by atoms with Crippen LogP contribution in [0.2, 0.25) is 0 Å². The van der Waals surface area contributed by atoms with Crippen molar-refractivity contribution in [2.24, 2.45) is 11.3 Å². The fraction of sp³-hybridized carbons (Fsp3) is 0.769. The maximum absolute atomic E-state index is 12.1. The number of carbonyl (C=O) groups is 1. The van der Waals surface area contributed by atoms with Crippen LogP contribution in [0.5, 0.6) is 0 Å². The zero-order chi connectivity index (χ0) is 11.5. The second-order valence-electron chi connectivity index (χ2n) is 5.60. The Morgan fingerprint density at radius 2 is 2.00 bits per heavy atom. The maximum Gasteiger partial charge on any atom is 0.228 e. The van der Waals surface area contributed by atoms with Crippen LogP contribution < -0.4 is 0 Å². The van der Waals surface area contributed by atoms with Gasteiger partial charge in [-0.05, 0) is 18.8 Å². The Bertz CT molecular complexity index is 250. The number of hydrogen-bond acceptors (Lipinski definition) is 1. The molecule has 0 N–H and O–H groups in total. The Kier molecular flexibility index (Phi) is 3.95.